The minimum atomic E-state index is 0.731. The molecule has 12 heavy (non-hydrogen) atoms. The Kier molecular flexibility index (Phi) is 2.37. The van der Waals surface area contributed by atoms with Gasteiger partial charge in [0.1, 0.15) is 0 Å². The van der Waals surface area contributed by atoms with Gasteiger partial charge in [-0.3, -0.25) is 0 Å². The first-order valence-corrected chi connectivity index (χ1v) is 5.04. The van der Waals surface area contributed by atoms with Gasteiger partial charge in [-0.25, -0.2) is 0 Å². The van der Waals surface area contributed by atoms with Crippen LogP contribution >= 0.6 is 0 Å². The van der Waals surface area contributed by atoms with E-state index < -0.39 is 0 Å². The molecule has 70 valence electrons. The Morgan fingerprint density at radius 2 is 2.00 bits per heavy atom. The smallest absolute Gasteiger partial charge is 0.0490 e. The maximum absolute atomic E-state index is 5.16. The molecule has 0 unspecified atom stereocenters. The summed E-state index contributed by atoms with van der Waals surface area (Å²) >= 11 is 0. The van der Waals surface area contributed by atoms with Crippen molar-refractivity contribution in [2.45, 2.75) is 25.7 Å². The molecule has 0 aromatic carbocycles. The second-order valence-corrected chi connectivity index (χ2v) is 4.48. The van der Waals surface area contributed by atoms with Crippen LogP contribution in [0.2, 0.25) is 0 Å². The Hall–Kier alpha value is -0.0800. The highest BCUT2D eigenvalue weighted by Gasteiger charge is 2.43. The van der Waals surface area contributed by atoms with Crippen molar-refractivity contribution in [2.24, 2.45) is 11.3 Å². The van der Waals surface area contributed by atoms with Crippen LogP contribution in [0, 0.1) is 11.3 Å². The molecule has 0 aromatic rings. The summed E-state index contributed by atoms with van der Waals surface area (Å²) in [4.78, 5) is 0. The fraction of sp³-hybridized carbons (Fsp3) is 1.00. The highest BCUT2D eigenvalue weighted by atomic mass is 16.5. The van der Waals surface area contributed by atoms with Crippen LogP contribution < -0.4 is 5.32 Å². The van der Waals surface area contributed by atoms with Crippen LogP contribution in [-0.2, 0) is 4.74 Å². The highest BCUT2D eigenvalue weighted by molar-refractivity contribution is 4.96. The van der Waals surface area contributed by atoms with Crippen LogP contribution in [0.3, 0.4) is 0 Å². The predicted octanol–water partition coefficient (Wildman–Crippen LogP) is 1.41. The maximum Gasteiger partial charge on any atom is 0.0490 e. The molecule has 0 radical (unpaired) electrons. The van der Waals surface area contributed by atoms with Gasteiger partial charge in [-0.05, 0) is 50.1 Å². The summed E-state index contributed by atoms with van der Waals surface area (Å²) in [5.74, 6) is 0.869. The first-order valence-electron chi connectivity index (χ1n) is 5.04. The average Bonchev–Trinajstić information content (AvgIpc) is 2.04. The van der Waals surface area contributed by atoms with E-state index in [0.29, 0.717) is 0 Å². The first-order chi connectivity index (χ1) is 5.85. The van der Waals surface area contributed by atoms with Gasteiger partial charge in [0, 0.05) is 13.7 Å². The van der Waals surface area contributed by atoms with E-state index in [2.05, 4.69) is 5.32 Å². The third kappa shape index (κ3) is 1.50. The molecule has 0 atom stereocenters. The summed E-state index contributed by atoms with van der Waals surface area (Å²) in [5.41, 5.74) is 0.731. The summed E-state index contributed by atoms with van der Waals surface area (Å²) < 4.78 is 5.16. The van der Waals surface area contributed by atoms with Gasteiger partial charge in [0.25, 0.3) is 0 Å². The van der Waals surface area contributed by atoms with Gasteiger partial charge in [-0.15, -0.1) is 0 Å². The quantitative estimate of drug-likeness (QED) is 0.675. The zero-order chi connectivity index (χ0) is 8.44. The maximum atomic E-state index is 5.16. The lowest BCUT2D eigenvalue weighted by atomic mass is 9.58. The van der Waals surface area contributed by atoms with Gasteiger partial charge in [-0.2, -0.15) is 0 Å². The topological polar surface area (TPSA) is 21.3 Å². The number of hydrogen-bond donors (Lipinski definition) is 1. The van der Waals surface area contributed by atoms with Crippen LogP contribution in [-0.4, -0.2) is 26.8 Å². The number of piperidine rings is 1. The molecule has 1 spiro atoms. The molecule has 2 nitrogen and oxygen atoms in total. The van der Waals surface area contributed by atoms with E-state index in [1.165, 1.54) is 38.8 Å². The molecule has 1 aliphatic heterocycles. The second-order valence-electron chi connectivity index (χ2n) is 4.48. The molecule has 1 N–H and O–H groups in total. The van der Waals surface area contributed by atoms with Gasteiger partial charge in [0.2, 0.25) is 0 Å². The molecular weight excluding hydrogens is 150 g/mol. The molecule has 2 rings (SSSR count). The molecular formula is C10H19NO. The van der Waals surface area contributed by atoms with Crippen molar-refractivity contribution in [2.75, 3.05) is 26.8 Å². The van der Waals surface area contributed by atoms with Gasteiger partial charge in [-0.1, -0.05) is 0 Å². The highest BCUT2D eigenvalue weighted by Crippen LogP contribution is 2.51. The van der Waals surface area contributed by atoms with E-state index in [0.717, 1.165) is 17.9 Å². The lowest BCUT2D eigenvalue weighted by molar-refractivity contribution is -0.0188. The van der Waals surface area contributed by atoms with E-state index in [4.69, 9.17) is 4.74 Å². The number of hydrogen-bond acceptors (Lipinski definition) is 2. The lowest BCUT2D eigenvalue weighted by Crippen LogP contribution is -2.46. The molecule has 1 aliphatic carbocycles. The number of nitrogens with one attached hydrogen (secondary N) is 1. The monoisotopic (exact) mass is 169 g/mol. The van der Waals surface area contributed by atoms with Gasteiger partial charge in [0.05, 0.1) is 0 Å². The average molecular weight is 169 g/mol. The molecule has 0 bridgehead atoms. The minimum absolute atomic E-state index is 0.731. The van der Waals surface area contributed by atoms with E-state index >= 15 is 0 Å². The third-order valence-electron chi connectivity index (χ3n) is 3.51. The predicted molar refractivity (Wildman–Crippen MR) is 49.1 cm³/mol. The number of rotatable bonds is 2. The van der Waals surface area contributed by atoms with Crippen molar-refractivity contribution in [3.8, 4) is 0 Å². The summed E-state index contributed by atoms with van der Waals surface area (Å²) in [6.07, 6.45) is 5.63. The molecule has 1 heterocycles. The Morgan fingerprint density at radius 1 is 1.33 bits per heavy atom. The fourth-order valence-corrected chi connectivity index (χ4v) is 2.88. The Bertz CT molecular complexity index is 144. The second kappa shape index (κ2) is 3.35. The summed E-state index contributed by atoms with van der Waals surface area (Å²) in [6.45, 7) is 3.45. The van der Waals surface area contributed by atoms with Crippen molar-refractivity contribution in [3.05, 3.63) is 0 Å². The largest absolute Gasteiger partial charge is 0.384 e. The van der Waals surface area contributed by atoms with Crippen LogP contribution in [0.1, 0.15) is 25.7 Å². The van der Waals surface area contributed by atoms with Crippen molar-refractivity contribution in [1.82, 2.24) is 5.32 Å². The van der Waals surface area contributed by atoms with E-state index in [1.807, 2.05) is 7.11 Å². The van der Waals surface area contributed by atoms with Crippen molar-refractivity contribution >= 4 is 0 Å². The zero-order valence-corrected chi connectivity index (χ0v) is 7.94. The van der Waals surface area contributed by atoms with Crippen molar-refractivity contribution in [3.63, 3.8) is 0 Å². The van der Waals surface area contributed by atoms with Crippen LogP contribution in [0.4, 0.5) is 0 Å². The lowest BCUT2D eigenvalue weighted by Gasteiger charge is -2.50. The normalized spacial score (nSPS) is 28.8. The van der Waals surface area contributed by atoms with Crippen LogP contribution in [0.15, 0.2) is 0 Å². The third-order valence-corrected chi connectivity index (χ3v) is 3.51. The Labute approximate surface area is 74.7 Å². The Balaban J connectivity index is 1.77. The van der Waals surface area contributed by atoms with E-state index in [9.17, 15) is 0 Å². The molecule has 2 aliphatic rings. The number of ether oxygens (including phenoxy) is 1. The molecule has 2 fully saturated rings. The summed E-state index contributed by atoms with van der Waals surface area (Å²) in [7, 11) is 1.81. The van der Waals surface area contributed by atoms with Crippen LogP contribution in [0.25, 0.3) is 0 Å². The summed E-state index contributed by atoms with van der Waals surface area (Å²) in [5, 5.41) is 3.42. The van der Waals surface area contributed by atoms with Gasteiger partial charge in [0.15, 0.2) is 0 Å². The molecule has 0 aromatic heterocycles. The molecule has 1 saturated carbocycles. The Morgan fingerprint density at radius 3 is 2.58 bits per heavy atom. The number of methoxy groups -OCH3 is 1. The first kappa shape index (κ1) is 8.52. The summed E-state index contributed by atoms with van der Waals surface area (Å²) in [6, 6.07) is 0. The minimum Gasteiger partial charge on any atom is -0.384 e. The molecule has 0 amide bonds. The van der Waals surface area contributed by atoms with Gasteiger partial charge < -0.3 is 10.1 Å². The molecule has 2 heteroatoms. The fourth-order valence-electron chi connectivity index (χ4n) is 2.88. The van der Waals surface area contributed by atoms with Gasteiger partial charge >= 0.3 is 0 Å². The van der Waals surface area contributed by atoms with Crippen molar-refractivity contribution < 1.29 is 4.74 Å². The zero-order valence-electron chi connectivity index (χ0n) is 7.94. The van der Waals surface area contributed by atoms with E-state index in [1.54, 1.807) is 0 Å². The SMILES string of the molecule is COCC1CC2(CCNCC2)C1. The van der Waals surface area contributed by atoms with Crippen molar-refractivity contribution in [1.29, 1.82) is 0 Å². The van der Waals surface area contributed by atoms with Crippen LogP contribution in [0.5, 0.6) is 0 Å². The molecule has 1 saturated heterocycles. The van der Waals surface area contributed by atoms with E-state index in [-0.39, 0.29) is 0 Å². The standard InChI is InChI=1S/C10H19NO/c1-12-8-9-6-10(7-9)2-4-11-5-3-10/h9,11H,2-8H2,1H3.